The van der Waals surface area contributed by atoms with Crippen molar-refractivity contribution in [3.05, 3.63) is 29.8 Å². The first-order chi connectivity index (χ1) is 9.56. The van der Waals surface area contributed by atoms with Gasteiger partial charge in [0.15, 0.2) is 5.96 Å². The molecule has 0 spiro atoms. The van der Waals surface area contributed by atoms with Gasteiger partial charge >= 0.3 is 0 Å². The van der Waals surface area contributed by atoms with Crippen molar-refractivity contribution in [3.8, 4) is 0 Å². The Morgan fingerprint density at radius 1 is 1.35 bits per heavy atom. The molecule has 1 fully saturated rings. The summed E-state index contributed by atoms with van der Waals surface area (Å²) in [6, 6.07) is 8.25. The minimum absolute atomic E-state index is 0.0968. The Hall–Kier alpha value is -1.36. The Morgan fingerprint density at radius 3 is 2.50 bits per heavy atom. The van der Waals surface area contributed by atoms with Gasteiger partial charge in [0.25, 0.3) is 0 Å². The molecule has 1 aliphatic rings. The van der Waals surface area contributed by atoms with Crippen LogP contribution in [0.5, 0.6) is 0 Å². The van der Waals surface area contributed by atoms with E-state index in [0.717, 1.165) is 23.3 Å². The molecule has 0 aliphatic heterocycles. The van der Waals surface area contributed by atoms with Crippen LogP contribution in [-0.2, 0) is 10.8 Å². The quantitative estimate of drug-likeness (QED) is 0.661. The van der Waals surface area contributed by atoms with Crippen LogP contribution < -0.4 is 11.1 Å². The Labute approximate surface area is 123 Å². The SMILES string of the molecule is CC(NC(N)=NC1CCCC1)c1ccc(S(C)=O)cc1. The molecule has 20 heavy (non-hydrogen) atoms. The van der Waals surface area contributed by atoms with E-state index >= 15 is 0 Å². The van der Waals surface area contributed by atoms with Crippen molar-refractivity contribution in [3.63, 3.8) is 0 Å². The summed E-state index contributed by atoms with van der Waals surface area (Å²) >= 11 is 0. The van der Waals surface area contributed by atoms with Gasteiger partial charge in [-0.1, -0.05) is 25.0 Å². The molecule has 0 radical (unpaired) electrons. The number of hydrogen-bond acceptors (Lipinski definition) is 2. The van der Waals surface area contributed by atoms with Gasteiger partial charge in [0.1, 0.15) is 0 Å². The Morgan fingerprint density at radius 2 is 1.95 bits per heavy atom. The minimum atomic E-state index is -0.933. The second kappa shape index (κ2) is 6.88. The number of benzene rings is 1. The van der Waals surface area contributed by atoms with Crippen LogP contribution >= 0.6 is 0 Å². The van der Waals surface area contributed by atoms with Gasteiger partial charge < -0.3 is 11.1 Å². The second-order valence-electron chi connectivity index (χ2n) is 5.34. The lowest BCUT2D eigenvalue weighted by molar-refractivity contribution is 0.668. The van der Waals surface area contributed by atoms with Crippen molar-refractivity contribution >= 4 is 16.8 Å². The highest BCUT2D eigenvalue weighted by Gasteiger charge is 2.14. The molecule has 2 atom stereocenters. The molecule has 0 amide bonds. The molecular weight excluding hydrogens is 270 g/mol. The molecule has 2 rings (SSSR count). The highest BCUT2D eigenvalue weighted by Crippen LogP contribution is 2.21. The Bertz CT molecular complexity index is 492. The van der Waals surface area contributed by atoms with Gasteiger partial charge in [0.05, 0.1) is 12.1 Å². The van der Waals surface area contributed by atoms with Crippen LogP contribution in [0.2, 0.25) is 0 Å². The summed E-state index contributed by atoms with van der Waals surface area (Å²) in [4.78, 5) is 5.36. The normalized spacial score (nSPS) is 19.8. The van der Waals surface area contributed by atoms with Crippen LogP contribution in [0.3, 0.4) is 0 Å². The average molecular weight is 293 g/mol. The lowest BCUT2D eigenvalue weighted by Crippen LogP contribution is -2.34. The fourth-order valence-corrected chi connectivity index (χ4v) is 3.04. The van der Waals surface area contributed by atoms with Crippen LogP contribution in [0.4, 0.5) is 0 Å². The fraction of sp³-hybridized carbons (Fsp3) is 0.533. The molecule has 0 bridgehead atoms. The largest absolute Gasteiger partial charge is 0.370 e. The topological polar surface area (TPSA) is 67.5 Å². The van der Waals surface area contributed by atoms with Crippen molar-refractivity contribution in [2.75, 3.05) is 6.26 Å². The first-order valence-electron chi connectivity index (χ1n) is 7.09. The molecule has 1 saturated carbocycles. The zero-order valence-electron chi connectivity index (χ0n) is 12.1. The second-order valence-corrected chi connectivity index (χ2v) is 6.72. The molecule has 2 unspecified atom stereocenters. The predicted octanol–water partition coefficient (Wildman–Crippen LogP) is 2.33. The lowest BCUT2D eigenvalue weighted by Gasteiger charge is -2.16. The van der Waals surface area contributed by atoms with Crippen LogP contribution in [0.15, 0.2) is 34.2 Å². The highest BCUT2D eigenvalue weighted by atomic mass is 32.2. The van der Waals surface area contributed by atoms with Gasteiger partial charge in [-0.2, -0.15) is 0 Å². The van der Waals surface area contributed by atoms with E-state index in [2.05, 4.69) is 17.2 Å². The molecule has 0 aromatic heterocycles. The van der Waals surface area contributed by atoms with Gasteiger partial charge in [-0.3, -0.25) is 9.20 Å². The van der Waals surface area contributed by atoms with E-state index in [9.17, 15) is 4.21 Å². The molecule has 1 aromatic rings. The molecule has 4 nitrogen and oxygen atoms in total. The summed E-state index contributed by atoms with van der Waals surface area (Å²) in [5, 5.41) is 3.22. The number of hydrogen-bond donors (Lipinski definition) is 2. The molecule has 5 heteroatoms. The van der Waals surface area contributed by atoms with E-state index in [1.807, 2.05) is 24.3 Å². The number of rotatable bonds is 4. The van der Waals surface area contributed by atoms with E-state index in [4.69, 9.17) is 5.73 Å². The van der Waals surface area contributed by atoms with E-state index in [1.54, 1.807) is 6.26 Å². The van der Waals surface area contributed by atoms with E-state index in [0.29, 0.717) is 12.0 Å². The average Bonchev–Trinajstić information content (AvgIpc) is 2.91. The van der Waals surface area contributed by atoms with E-state index in [1.165, 1.54) is 12.8 Å². The van der Waals surface area contributed by atoms with Crippen LogP contribution in [-0.4, -0.2) is 22.5 Å². The highest BCUT2D eigenvalue weighted by molar-refractivity contribution is 7.84. The third kappa shape index (κ3) is 4.07. The smallest absolute Gasteiger partial charge is 0.189 e. The van der Waals surface area contributed by atoms with E-state index < -0.39 is 10.8 Å². The van der Waals surface area contributed by atoms with Gasteiger partial charge in [-0.25, -0.2) is 0 Å². The summed E-state index contributed by atoms with van der Waals surface area (Å²) in [6.07, 6.45) is 6.49. The van der Waals surface area contributed by atoms with Crippen molar-refractivity contribution in [2.45, 2.75) is 49.6 Å². The maximum atomic E-state index is 11.4. The summed E-state index contributed by atoms with van der Waals surface area (Å²) in [5.74, 6) is 0.521. The molecule has 1 aromatic carbocycles. The fourth-order valence-electron chi connectivity index (χ4n) is 2.52. The number of nitrogens with zero attached hydrogens (tertiary/aromatic N) is 1. The van der Waals surface area contributed by atoms with Crippen molar-refractivity contribution < 1.29 is 4.21 Å². The zero-order valence-corrected chi connectivity index (χ0v) is 13.0. The summed E-state index contributed by atoms with van der Waals surface area (Å²) in [6.45, 7) is 2.05. The third-order valence-electron chi connectivity index (χ3n) is 3.72. The molecule has 3 N–H and O–H groups in total. The van der Waals surface area contributed by atoms with E-state index in [-0.39, 0.29) is 6.04 Å². The maximum Gasteiger partial charge on any atom is 0.189 e. The lowest BCUT2D eigenvalue weighted by atomic mass is 10.1. The van der Waals surface area contributed by atoms with Crippen molar-refractivity contribution in [2.24, 2.45) is 10.7 Å². The van der Waals surface area contributed by atoms with Crippen molar-refractivity contribution in [1.82, 2.24) is 5.32 Å². The van der Waals surface area contributed by atoms with Gasteiger partial charge in [0.2, 0.25) is 0 Å². The van der Waals surface area contributed by atoms with Gasteiger partial charge in [-0.15, -0.1) is 0 Å². The first kappa shape index (κ1) is 15.0. The minimum Gasteiger partial charge on any atom is -0.370 e. The monoisotopic (exact) mass is 293 g/mol. The Balaban J connectivity index is 1.96. The first-order valence-corrected chi connectivity index (χ1v) is 8.65. The molecule has 110 valence electrons. The third-order valence-corrected chi connectivity index (χ3v) is 4.66. The summed E-state index contributed by atoms with van der Waals surface area (Å²) in [7, 11) is -0.933. The predicted molar refractivity (Wildman–Crippen MR) is 84.2 cm³/mol. The van der Waals surface area contributed by atoms with Gasteiger partial charge in [-0.05, 0) is 37.5 Å². The number of nitrogens with two attached hydrogens (primary N) is 1. The molecule has 0 saturated heterocycles. The zero-order chi connectivity index (χ0) is 14.5. The molecule has 1 aliphatic carbocycles. The summed E-state index contributed by atoms with van der Waals surface area (Å²) in [5.41, 5.74) is 7.07. The van der Waals surface area contributed by atoms with Gasteiger partial charge in [0, 0.05) is 22.0 Å². The van der Waals surface area contributed by atoms with Crippen LogP contribution in [0.25, 0.3) is 0 Å². The molecular formula is C15H23N3OS. The maximum absolute atomic E-state index is 11.4. The number of guanidine groups is 1. The van der Waals surface area contributed by atoms with Crippen LogP contribution in [0.1, 0.15) is 44.2 Å². The standard InChI is InChI=1S/C15H23N3OS/c1-11(12-7-9-14(10-8-12)20(2)19)17-15(16)18-13-5-3-4-6-13/h7-11,13H,3-6H2,1-2H3,(H3,16,17,18). The Kier molecular flexibility index (Phi) is 5.17. The van der Waals surface area contributed by atoms with Crippen molar-refractivity contribution in [1.29, 1.82) is 0 Å². The van der Waals surface area contributed by atoms with Crippen LogP contribution in [0, 0.1) is 0 Å². The molecule has 0 heterocycles. The number of nitrogens with one attached hydrogen (secondary N) is 1. The number of aliphatic imine (C=N–C) groups is 1. The summed E-state index contributed by atoms with van der Waals surface area (Å²) < 4.78 is 11.4.